The highest BCUT2D eigenvalue weighted by atomic mass is 79.9. The Bertz CT molecular complexity index is 470. The Morgan fingerprint density at radius 2 is 1.78 bits per heavy atom. The van der Waals surface area contributed by atoms with E-state index < -0.39 is 35.6 Å². The van der Waals surface area contributed by atoms with Crippen LogP contribution in [0.4, 0.5) is 22.0 Å². The maximum absolute atomic E-state index is 12.9. The molecule has 0 saturated carbocycles. The van der Waals surface area contributed by atoms with Gasteiger partial charge in [0.2, 0.25) is 0 Å². The summed E-state index contributed by atoms with van der Waals surface area (Å²) in [5, 5.41) is 8.20. The summed E-state index contributed by atoms with van der Waals surface area (Å²) in [4.78, 5) is 10.2. The van der Waals surface area contributed by atoms with Crippen molar-refractivity contribution in [3.05, 3.63) is 33.8 Å². The molecule has 100 valence electrons. The number of halogens is 6. The first kappa shape index (κ1) is 14.9. The molecule has 0 fully saturated rings. The molecule has 0 spiro atoms. The van der Waals surface area contributed by atoms with E-state index in [4.69, 9.17) is 5.11 Å². The van der Waals surface area contributed by atoms with Crippen molar-refractivity contribution >= 4 is 21.9 Å². The lowest BCUT2D eigenvalue weighted by atomic mass is 10.0. The lowest BCUT2D eigenvalue weighted by Crippen LogP contribution is -2.30. The predicted octanol–water partition coefficient (Wildman–Crippen LogP) is 3.73. The van der Waals surface area contributed by atoms with Crippen LogP contribution in [0.25, 0.3) is 0 Å². The van der Waals surface area contributed by atoms with Gasteiger partial charge in [-0.15, -0.1) is 0 Å². The highest BCUT2D eigenvalue weighted by molar-refractivity contribution is 9.10. The van der Waals surface area contributed by atoms with Gasteiger partial charge in [-0.1, -0.05) is 22.0 Å². The molecule has 0 aliphatic heterocycles. The number of rotatable bonds is 3. The Morgan fingerprint density at radius 3 is 2.22 bits per heavy atom. The third kappa shape index (κ3) is 3.41. The van der Waals surface area contributed by atoms with Crippen molar-refractivity contribution in [2.24, 2.45) is 0 Å². The number of alkyl halides is 5. The van der Waals surface area contributed by atoms with Gasteiger partial charge in [0.15, 0.2) is 0 Å². The molecular formula is C10H6BrF5O2. The Kier molecular flexibility index (Phi) is 3.99. The first-order valence-corrected chi connectivity index (χ1v) is 5.30. The van der Waals surface area contributed by atoms with Gasteiger partial charge in [0, 0.05) is 10.9 Å². The van der Waals surface area contributed by atoms with Gasteiger partial charge in [0.25, 0.3) is 0 Å². The minimum Gasteiger partial charge on any atom is -0.477 e. The Balaban J connectivity index is 3.11. The van der Waals surface area contributed by atoms with Gasteiger partial charge < -0.3 is 5.11 Å². The number of aliphatic carboxylic acids is 1. The standard InChI is InChI=1S/C10H6BrF5O2/c11-7-2-1-5(3-6(7)10(14,15)16)4-9(12,13)8(17)18/h1-3H,4H2,(H,17,18). The molecule has 2 nitrogen and oxygen atoms in total. The van der Waals surface area contributed by atoms with Crippen LogP contribution in [0.1, 0.15) is 11.1 Å². The molecule has 0 aliphatic carbocycles. The number of hydrogen-bond donors (Lipinski definition) is 1. The van der Waals surface area contributed by atoms with Crippen LogP contribution in [-0.2, 0) is 17.4 Å². The van der Waals surface area contributed by atoms with E-state index in [9.17, 15) is 26.7 Å². The highest BCUT2D eigenvalue weighted by Gasteiger charge is 2.40. The fourth-order valence-corrected chi connectivity index (χ4v) is 1.70. The summed E-state index contributed by atoms with van der Waals surface area (Å²) in [7, 11) is 0. The zero-order valence-corrected chi connectivity index (χ0v) is 10.1. The van der Waals surface area contributed by atoms with Crippen LogP contribution < -0.4 is 0 Å². The molecule has 0 saturated heterocycles. The maximum atomic E-state index is 12.9. The molecule has 0 unspecified atom stereocenters. The molecule has 0 aromatic heterocycles. The molecule has 8 heteroatoms. The fourth-order valence-electron chi connectivity index (χ4n) is 1.23. The summed E-state index contributed by atoms with van der Waals surface area (Å²) in [5.74, 6) is -6.48. The van der Waals surface area contributed by atoms with Crippen molar-refractivity contribution in [3.8, 4) is 0 Å². The number of carboxylic acid groups (broad SMARTS) is 1. The molecule has 0 amide bonds. The SMILES string of the molecule is O=C(O)C(F)(F)Cc1ccc(Br)c(C(F)(F)F)c1. The Hall–Kier alpha value is -1.18. The van der Waals surface area contributed by atoms with Crippen LogP contribution in [0.3, 0.4) is 0 Å². The summed E-state index contributed by atoms with van der Waals surface area (Å²) in [6.45, 7) is 0. The second-order valence-electron chi connectivity index (χ2n) is 3.50. The van der Waals surface area contributed by atoms with Gasteiger partial charge in [0.1, 0.15) is 0 Å². The fraction of sp³-hybridized carbons (Fsp3) is 0.300. The molecular weight excluding hydrogens is 327 g/mol. The van der Waals surface area contributed by atoms with E-state index in [-0.39, 0.29) is 4.47 Å². The molecule has 1 N–H and O–H groups in total. The van der Waals surface area contributed by atoms with E-state index >= 15 is 0 Å². The van der Waals surface area contributed by atoms with Crippen LogP contribution in [0.15, 0.2) is 22.7 Å². The molecule has 1 aromatic rings. The molecule has 0 aliphatic rings. The minimum atomic E-state index is -4.70. The second kappa shape index (κ2) is 4.83. The van der Waals surface area contributed by atoms with E-state index in [1.54, 1.807) is 0 Å². The molecule has 1 aromatic carbocycles. The van der Waals surface area contributed by atoms with Crippen molar-refractivity contribution in [3.63, 3.8) is 0 Å². The highest BCUT2D eigenvalue weighted by Crippen LogP contribution is 2.36. The van der Waals surface area contributed by atoms with Gasteiger partial charge in [-0.25, -0.2) is 4.79 Å². The van der Waals surface area contributed by atoms with Gasteiger partial charge in [0.05, 0.1) is 5.56 Å². The molecule has 1 rings (SSSR count). The average molecular weight is 333 g/mol. The predicted molar refractivity (Wildman–Crippen MR) is 55.4 cm³/mol. The van der Waals surface area contributed by atoms with Crippen LogP contribution >= 0.6 is 15.9 Å². The first-order chi connectivity index (χ1) is 8.04. The lowest BCUT2D eigenvalue weighted by Gasteiger charge is -2.14. The summed E-state index contributed by atoms with van der Waals surface area (Å²) in [6.07, 6.45) is -5.99. The van der Waals surface area contributed by atoms with E-state index in [0.29, 0.717) is 6.07 Å². The quantitative estimate of drug-likeness (QED) is 0.856. The number of hydrogen-bond acceptors (Lipinski definition) is 1. The molecule has 0 bridgehead atoms. The zero-order chi connectivity index (χ0) is 14.1. The summed E-state index contributed by atoms with van der Waals surface area (Å²) in [6, 6.07) is 2.47. The van der Waals surface area contributed by atoms with Gasteiger partial charge in [-0.05, 0) is 17.7 Å². The smallest absolute Gasteiger partial charge is 0.417 e. The number of carbonyl (C=O) groups is 1. The summed E-state index contributed by atoms with van der Waals surface area (Å²) < 4.78 is 62.9. The van der Waals surface area contributed by atoms with Crippen molar-refractivity contribution < 1.29 is 31.9 Å². The zero-order valence-electron chi connectivity index (χ0n) is 8.56. The monoisotopic (exact) mass is 332 g/mol. The lowest BCUT2D eigenvalue weighted by molar-refractivity contribution is -0.164. The first-order valence-electron chi connectivity index (χ1n) is 4.51. The van der Waals surface area contributed by atoms with Crippen molar-refractivity contribution in [2.75, 3.05) is 0 Å². The third-order valence-corrected chi connectivity index (χ3v) is 2.77. The largest absolute Gasteiger partial charge is 0.477 e. The topological polar surface area (TPSA) is 37.3 Å². The van der Waals surface area contributed by atoms with Crippen molar-refractivity contribution in [1.29, 1.82) is 0 Å². The van der Waals surface area contributed by atoms with Crippen LogP contribution in [0, 0.1) is 0 Å². The molecule has 0 heterocycles. The molecule has 0 atom stereocenters. The number of carboxylic acids is 1. The van der Waals surface area contributed by atoms with Gasteiger partial charge in [-0.3, -0.25) is 0 Å². The Morgan fingerprint density at radius 1 is 1.22 bits per heavy atom. The van der Waals surface area contributed by atoms with Crippen LogP contribution in [-0.4, -0.2) is 17.0 Å². The van der Waals surface area contributed by atoms with Crippen LogP contribution in [0.2, 0.25) is 0 Å². The van der Waals surface area contributed by atoms with Crippen molar-refractivity contribution in [2.45, 2.75) is 18.5 Å². The van der Waals surface area contributed by atoms with Crippen LogP contribution in [0.5, 0.6) is 0 Å². The van der Waals surface area contributed by atoms with E-state index in [2.05, 4.69) is 15.9 Å². The average Bonchev–Trinajstić information content (AvgIpc) is 2.18. The number of benzene rings is 1. The third-order valence-electron chi connectivity index (χ3n) is 2.08. The molecule has 18 heavy (non-hydrogen) atoms. The maximum Gasteiger partial charge on any atom is 0.417 e. The summed E-state index contributed by atoms with van der Waals surface area (Å²) >= 11 is 2.65. The van der Waals surface area contributed by atoms with E-state index in [1.165, 1.54) is 0 Å². The van der Waals surface area contributed by atoms with Crippen molar-refractivity contribution in [1.82, 2.24) is 0 Å². The van der Waals surface area contributed by atoms with Gasteiger partial charge in [-0.2, -0.15) is 22.0 Å². The van der Waals surface area contributed by atoms with E-state index in [0.717, 1.165) is 12.1 Å². The second-order valence-corrected chi connectivity index (χ2v) is 4.35. The van der Waals surface area contributed by atoms with E-state index in [1.807, 2.05) is 0 Å². The Labute approximate surface area is 107 Å². The minimum absolute atomic E-state index is 0.294. The van der Waals surface area contributed by atoms with Gasteiger partial charge >= 0.3 is 18.1 Å². The normalized spacial score (nSPS) is 12.6. The summed E-state index contributed by atoms with van der Waals surface area (Å²) in [5.41, 5.74) is -1.53. The molecule has 0 radical (unpaired) electrons.